The zero-order valence-corrected chi connectivity index (χ0v) is 14.1. The first-order valence-electron chi connectivity index (χ1n) is 7.17. The standard InChI is InChI=1S/C16H18ClN3O4/c1-16(10-24-2,7-14(21)22)19-15(23)11-8-18-20(9-11)13-5-3-12(17)4-6-13/h3-6,8-9H,7,10H2,1-2H3,(H,19,23)(H,21,22). The molecule has 8 heteroatoms. The van der Waals surface area contributed by atoms with Crippen molar-refractivity contribution in [1.29, 1.82) is 0 Å². The van der Waals surface area contributed by atoms with Crippen LogP contribution in [0.4, 0.5) is 0 Å². The fourth-order valence-electron chi connectivity index (χ4n) is 2.30. The Kier molecular flexibility index (Phi) is 5.58. The molecule has 0 radical (unpaired) electrons. The van der Waals surface area contributed by atoms with Crippen molar-refractivity contribution in [3.05, 3.63) is 47.2 Å². The summed E-state index contributed by atoms with van der Waals surface area (Å²) in [7, 11) is 1.45. The highest BCUT2D eigenvalue weighted by Crippen LogP contribution is 2.15. The Hall–Kier alpha value is -2.38. The summed E-state index contributed by atoms with van der Waals surface area (Å²) in [6.07, 6.45) is 2.72. The summed E-state index contributed by atoms with van der Waals surface area (Å²) in [5.74, 6) is -1.44. The summed E-state index contributed by atoms with van der Waals surface area (Å²) in [5.41, 5.74) is 0.0568. The van der Waals surface area contributed by atoms with Crippen molar-refractivity contribution in [2.45, 2.75) is 18.9 Å². The first-order chi connectivity index (χ1) is 11.3. The summed E-state index contributed by atoms with van der Waals surface area (Å²) in [5, 5.41) is 16.4. The number of aromatic nitrogens is 2. The maximum Gasteiger partial charge on any atom is 0.305 e. The molecule has 0 fully saturated rings. The first-order valence-corrected chi connectivity index (χ1v) is 7.55. The van der Waals surface area contributed by atoms with E-state index in [0.29, 0.717) is 10.6 Å². The first kappa shape index (κ1) is 18.0. The van der Waals surface area contributed by atoms with Gasteiger partial charge < -0.3 is 15.2 Å². The van der Waals surface area contributed by atoms with E-state index in [0.717, 1.165) is 5.69 Å². The van der Waals surface area contributed by atoms with Crippen LogP contribution in [0.2, 0.25) is 5.02 Å². The second-order valence-electron chi connectivity index (χ2n) is 5.67. The smallest absolute Gasteiger partial charge is 0.305 e. The molecule has 2 aromatic rings. The molecule has 128 valence electrons. The van der Waals surface area contributed by atoms with Gasteiger partial charge in [0.2, 0.25) is 0 Å². The van der Waals surface area contributed by atoms with E-state index in [4.69, 9.17) is 21.4 Å². The Labute approximate surface area is 144 Å². The SMILES string of the molecule is COCC(C)(CC(=O)O)NC(=O)c1cnn(-c2ccc(Cl)cc2)c1. The highest BCUT2D eigenvalue weighted by Gasteiger charge is 2.30. The third-order valence-corrected chi connectivity index (χ3v) is 3.61. The number of nitrogens with one attached hydrogen (secondary N) is 1. The molecule has 1 atom stereocenters. The molecule has 0 spiro atoms. The largest absolute Gasteiger partial charge is 0.481 e. The second kappa shape index (κ2) is 7.46. The maximum atomic E-state index is 12.4. The Morgan fingerprint density at radius 2 is 2.04 bits per heavy atom. The Morgan fingerprint density at radius 3 is 2.62 bits per heavy atom. The molecule has 0 aliphatic heterocycles. The van der Waals surface area contributed by atoms with Crippen LogP contribution in [0.5, 0.6) is 0 Å². The van der Waals surface area contributed by atoms with Crippen LogP contribution in [0.1, 0.15) is 23.7 Å². The number of nitrogens with zero attached hydrogens (tertiary/aromatic N) is 2. The Bertz CT molecular complexity index is 729. The number of rotatable bonds is 7. The van der Waals surface area contributed by atoms with E-state index in [1.54, 1.807) is 37.4 Å². The van der Waals surface area contributed by atoms with E-state index < -0.39 is 17.4 Å². The number of carboxylic acid groups (broad SMARTS) is 1. The summed E-state index contributed by atoms with van der Waals surface area (Å²) in [4.78, 5) is 23.4. The van der Waals surface area contributed by atoms with Crippen molar-refractivity contribution in [1.82, 2.24) is 15.1 Å². The van der Waals surface area contributed by atoms with E-state index in [1.807, 2.05) is 0 Å². The number of hydrogen-bond donors (Lipinski definition) is 2. The highest BCUT2D eigenvalue weighted by molar-refractivity contribution is 6.30. The molecule has 7 nitrogen and oxygen atoms in total. The number of hydrogen-bond acceptors (Lipinski definition) is 4. The molecule has 0 bridgehead atoms. The third-order valence-electron chi connectivity index (χ3n) is 3.36. The molecule has 1 unspecified atom stereocenters. The van der Waals surface area contributed by atoms with Gasteiger partial charge in [-0.2, -0.15) is 5.10 Å². The quantitative estimate of drug-likeness (QED) is 0.797. The number of ether oxygens (including phenoxy) is 1. The minimum Gasteiger partial charge on any atom is -0.481 e. The molecule has 2 N–H and O–H groups in total. The van der Waals surface area contributed by atoms with Crippen molar-refractivity contribution < 1.29 is 19.4 Å². The predicted octanol–water partition coefficient (Wildman–Crippen LogP) is 2.14. The minimum atomic E-state index is -1.02. The lowest BCUT2D eigenvalue weighted by Crippen LogP contribution is -2.50. The summed E-state index contributed by atoms with van der Waals surface area (Å²) in [6.45, 7) is 1.70. The molecule has 0 saturated heterocycles. The summed E-state index contributed by atoms with van der Waals surface area (Å²) in [6, 6.07) is 6.99. The second-order valence-corrected chi connectivity index (χ2v) is 6.10. The van der Waals surface area contributed by atoms with Crippen molar-refractivity contribution in [2.24, 2.45) is 0 Å². The highest BCUT2D eigenvalue weighted by atomic mass is 35.5. The van der Waals surface area contributed by atoms with E-state index in [-0.39, 0.29) is 13.0 Å². The van der Waals surface area contributed by atoms with Crippen molar-refractivity contribution in [2.75, 3.05) is 13.7 Å². The topological polar surface area (TPSA) is 93.4 Å². The maximum absolute atomic E-state index is 12.4. The molecule has 1 aromatic heterocycles. The molecule has 0 aliphatic rings. The number of methoxy groups -OCH3 is 1. The third kappa shape index (κ3) is 4.56. The molecule has 0 aliphatic carbocycles. The Morgan fingerprint density at radius 1 is 1.38 bits per heavy atom. The fourth-order valence-corrected chi connectivity index (χ4v) is 2.43. The molecule has 2 rings (SSSR count). The number of carboxylic acids is 1. The summed E-state index contributed by atoms with van der Waals surface area (Å²) >= 11 is 5.85. The van der Waals surface area contributed by atoms with Crippen molar-refractivity contribution >= 4 is 23.5 Å². The van der Waals surface area contributed by atoms with E-state index in [1.165, 1.54) is 18.0 Å². The fraction of sp³-hybridized carbons (Fsp3) is 0.312. The van der Waals surface area contributed by atoms with Gasteiger partial charge in [0.15, 0.2) is 0 Å². The average molecular weight is 352 g/mol. The van der Waals surface area contributed by atoms with E-state index >= 15 is 0 Å². The van der Waals surface area contributed by atoms with Crippen LogP contribution >= 0.6 is 11.6 Å². The van der Waals surface area contributed by atoms with Gasteiger partial charge in [-0.15, -0.1) is 0 Å². The number of carbonyl (C=O) groups is 2. The lowest BCUT2D eigenvalue weighted by atomic mass is 9.98. The Balaban J connectivity index is 2.15. The van der Waals surface area contributed by atoms with Gasteiger partial charge in [0, 0.05) is 18.3 Å². The zero-order chi connectivity index (χ0) is 17.7. The number of halogens is 1. The lowest BCUT2D eigenvalue weighted by molar-refractivity contribution is -0.139. The van der Waals surface area contributed by atoms with Crippen LogP contribution in [-0.2, 0) is 9.53 Å². The van der Waals surface area contributed by atoms with Gasteiger partial charge in [0.05, 0.1) is 36.0 Å². The number of aliphatic carboxylic acids is 1. The lowest BCUT2D eigenvalue weighted by Gasteiger charge is -2.28. The van der Waals surface area contributed by atoms with Crippen LogP contribution in [0.25, 0.3) is 5.69 Å². The predicted molar refractivity (Wildman–Crippen MR) is 88.6 cm³/mol. The van der Waals surface area contributed by atoms with Gasteiger partial charge in [0.25, 0.3) is 5.91 Å². The van der Waals surface area contributed by atoms with Crippen molar-refractivity contribution in [3.63, 3.8) is 0 Å². The monoisotopic (exact) mass is 351 g/mol. The molecule has 0 saturated carbocycles. The normalized spacial score (nSPS) is 13.3. The molecular formula is C16H18ClN3O4. The van der Waals surface area contributed by atoms with Crippen LogP contribution in [-0.4, -0.2) is 46.0 Å². The van der Waals surface area contributed by atoms with Crippen LogP contribution in [0.3, 0.4) is 0 Å². The van der Waals surface area contributed by atoms with Crippen LogP contribution in [0, 0.1) is 0 Å². The van der Waals surface area contributed by atoms with Crippen molar-refractivity contribution in [3.8, 4) is 5.69 Å². The molecule has 1 amide bonds. The van der Waals surface area contributed by atoms with E-state index in [2.05, 4.69) is 10.4 Å². The van der Waals surface area contributed by atoms with Gasteiger partial charge in [0.1, 0.15) is 0 Å². The average Bonchev–Trinajstić information content (AvgIpc) is 2.97. The molecule has 1 aromatic carbocycles. The van der Waals surface area contributed by atoms with Crippen LogP contribution in [0.15, 0.2) is 36.7 Å². The molecule has 1 heterocycles. The van der Waals surface area contributed by atoms with Gasteiger partial charge >= 0.3 is 5.97 Å². The molecular weight excluding hydrogens is 334 g/mol. The van der Waals surface area contributed by atoms with Gasteiger partial charge in [-0.1, -0.05) is 11.6 Å². The van der Waals surface area contributed by atoms with Gasteiger partial charge in [-0.3, -0.25) is 9.59 Å². The zero-order valence-electron chi connectivity index (χ0n) is 13.3. The number of amides is 1. The van der Waals surface area contributed by atoms with Gasteiger partial charge in [-0.25, -0.2) is 4.68 Å². The minimum absolute atomic E-state index is 0.0797. The summed E-state index contributed by atoms with van der Waals surface area (Å²) < 4.78 is 6.56. The molecule has 24 heavy (non-hydrogen) atoms. The number of carbonyl (C=O) groups excluding carboxylic acids is 1. The van der Waals surface area contributed by atoms with Gasteiger partial charge in [-0.05, 0) is 31.2 Å². The van der Waals surface area contributed by atoms with E-state index in [9.17, 15) is 9.59 Å². The number of benzene rings is 1. The van der Waals surface area contributed by atoms with Crippen LogP contribution < -0.4 is 5.32 Å².